The fraction of sp³-hybridized carbons (Fsp3) is 0.769. The van der Waals surface area contributed by atoms with Crippen molar-refractivity contribution in [1.82, 2.24) is 9.88 Å². The molecule has 0 spiro atoms. The van der Waals surface area contributed by atoms with E-state index in [-0.39, 0.29) is 0 Å². The minimum absolute atomic E-state index is 0.489. The molecule has 1 saturated heterocycles. The van der Waals surface area contributed by atoms with E-state index in [1.54, 1.807) is 11.3 Å². The molecule has 2 heterocycles. The smallest absolute Gasteiger partial charge is 0.0941 e. The van der Waals surface area contributed by atoms with Gasteiger partial charge in [-0.25, -0.2) is 4.98 Å². The van der Waals surface area contributed by atoms with Crippen LogP contribution >= 0.6 is 22.9 Å². The summed E-state index contributed by atoms with van der Waals surface area (Å²) in [7, 11) is 0. The molecule has 1 aliphatic heterocycles. The quantitative estimate of drug-likeness (QED) is 0.780. The standard InChI is InChI=1S/C13H21ClN2S/c1-13(2)5-3-6-16(10-13)7-4-12-15-11(8-14)9-17-12/h9H,3-8,10H2,1-2H3. The van der Waals surface area contributed by atoms with Crippen molar-refractivity contribution in [3.05, 3.63) is 16.1 Å². The predicted octanol–water partition coefficient (Wildman–Crippen LogP) is 3.55. The molecule has 0 bridgehead atoms. The van der Waals surface area contributed by atoms with Crippen LogP contribution in [-0.2, 0) is 12.3 Å². The number of halogens is 1. The van der Waals surface area contributed by atoms with Crippen molar-refractivity contribution in [2.75, 3.05) is 19.6 Å². The predicted molar refractivity (Wildman–Crippen MR) is 74.8 cm³/mol. The van der Waals surface area contributed by atoms with Crippen molar-refractivity contribution in [1.29, 1.82) is 0 Å². The van der Waals surface area contributed by atoms with Gasteiger partial charge in [-0.05, 0) is 24.8 Å². The van der Waals surface area contributed by atoms with Gasteiger partial charge in [0.25, 0.3) is 0 Å². The number of likely N-dealkylation sites (tertiary alicyclic amines) is 1. The van der Waals surface area contributed by atoms with Gasteiger partial charge in [0.15, 0.2) is 0 Å². The molecular weight excluding hydrogens is 252 g/mol. The fourth-order valence-corrected chi connectivity index (χ4v) is 3.53. The molecule has 1 aliphatic rings. The zero-order chi connectivity index (χ0) is 12.3. The highest BCUT2D eigenvalue weighted by Crippen LogP contribution is 2.28. The van der Waals surface area contributed by atoms with Crippen molar-refractivity contribution < 1.29 is 0 Å². The number of nitrogens with zero attached hydrogens (tertiary/aromatic N) is 2. The Hall–Kier alpha value is -0.120. The Kier molecular flexibility index (Phi) is 4.45. The Bertz CT molecular complexity index is 362. The van der Waals surface area contributed by atoms with Gasteiger partial charge in [0.2, 0.25) is 0 Å². The maximum absolute atomic E-state index is 5.76. The van der Waals surface area contributed by atoms with Gasteiger partial charge in [-0.3, -0.25) is 0 Å². The second-order valence-electron chi connectivity index (χ2n) is 5.66. The number of hydrogen-bond acceptors (Lipinski definition) is 3. The van der Waals surface area contributed by atoms with Crippen LogP contribution < -0.4 is 0 Å². The minimum Gasteiger partial charge on any atom is -0.302 e. The SMILES string of the molecule is CC1(C)CCCN(CCc2nc(CCl)cs2)C1. The fourth-order valence-electron chi connectivity index (χ4n) is 2.51. The summed E-state index contributed by atoms with van der Waals surface area (Å²) in [5.41, 5.74) is 1.51. The van der Waals surface area contributed by atoms with E-state index >= 15 is 0 Å². The number of hydrogen-bond donors (Lipinski definition) is 0. The first-order valence-corrected chi connectivity index (χ1v) is 7.72. The summed E-state index contributed by atoms with van der Waals surface area (Å²) < 4.78 is 0. The molecule has 0 amide bonds. The monoisotopic (exact) mass is 272 g/mol. The van der Waals surface area contributed by atoms with E-state index in [1.807, 2.05) is 0 Å². The van der Waals surface area contributed by atoms with Gasteiger partial charge in [-0.15, -0.1) is 22.9 Å². The van der Waals surface area contributed by atoms with Crippen molar-refractivity contribution in [2.45, 2.75) is 39.0 Å². The maximum atomic E-state index is 5.76. The third kappa shape index (κ3) is 3.94. The Labute approximate surface area is 113 Å². The van der Waals surface area contributed by atoms with Gasteiger partial charge in [0, 0.05) is 24.9 Å². The molecule has 0 aromatic carbocycles. The molecule has 17 heavy (non-hydrogen) atoms. The highest BCUT2D eigenvalue weighted by atomic mass is 35.5. The highest BCUT2D eigenvalue weighted by Gasteiger charge is 2.25. The Balaban J connectivity index is 1.81. The first-order chi connectivity index (χ1) is 8.09. The Morgan fingerprint density at radius 2 is 2.35 bits per heavy atom. The van der Waals surface area contributed by atoms with Crippen LogP contribution in [0.15, 0.2) is 5.38 Å². The van der Waals surface area contributed by atoms with Crippen molar-refractivity contribution >= 4 is 22.9 Å². The number of aromatic nitrogens is 1. The van der Waals surface area contributed by atoms with Crippen LogP contribution in [0.3, 0.4) is 0 Å². The first kappa shape index (κ1) is 13.3. The Morgan fingerprint density at radius 3 is 3.00 bits per heavy atom. The Morgan fingerprint density at radius 1 is 1.53 bits per heavy atom. The van der Waals surface area contributed by atoms with Gasteiger partial charge in [0.05, 0.1) is 16.6 Å². The minimum atomic E-state index is 0.489. The van der Waals surface area contributed by atoms with Gasteiger partial charge in [0.1, 0.15) is 0 Å². The lowest BCUT2D eigenvalue weighted by atomic mass is 9.84. The molecule has 0 atom stereocenters. The normalized spacial score (nSPS) is 20.6. The topological polar surface area (TPSA) is 16.1 Å². The molecule has 2 nitrogen and oxygen atoms in total. The molecule has 1 fully saturated rings. The highest BCUT2D eigenvalue weighted by molar-refractivity contribution is 7.09. The van der Waals surface area contributed by atoms with Crippen LogP contribution in [0.5, 0.6) is 0 Å². The van der Waals surface area contributed by atoms with E-state index in [0.717, 1.165) is 18.7 Å². The van der Waals surface area contributed by atoms with Crippen LogP contribution in [0.4, 0.5) is 0 Å². The summed E-state index contributed by atoms with van der Waals surface area (Å²) in [6, 6.07) is 0. The second-order valence-corrected chi connectivity index (χ2v) is 6.87. The molecule has 0 N–H and O–H groups in total. The van der Waals surface area contributed by atoms with Crippen LogP contribution in [0.2, 0.25) is 0 Å². The van der Waals surface area contributed by atoms with Crippen molar-refractivity contribution in [3.8, 4) is 0 Å². The number of alkyl halides is 1. The second kappa shape index (κ2) is 5.68. The lowest BCUT2D eigenvalue weighted by Crippen LogP contribution is -2.40. The zero-order valence-electron chi connectivity index (χ0n) is 10.7. The maximum Gasteiger partial charge on any atom is 0.0941 e. The van der Waals surface area contributed by atoms with Crippen LogP contribution in [0.25, 0.3) is 0 Å². The van der Waals surface area contributed by atoms with E-state index in [9.17, 15) is 0 Å². The van der Waals surface area contributed by atoms with Crippen LogP contribution in [0, 0.1) is 5.41 Å². The molecule has 96 valence electrons. The van der Waals surface area contributed by atoms with E-state index in [2.05, 4.69) is 29.1 Å². The number of thiazole rings is 1. The molecule has 2 rings (SSSR count). The van der Waals surface area contributed by atoms with Gasteiger partial charge < -0.3 is 4.90 Å². The van der Waals surface area contributed by atoms with Crippen LogP contribution in [0.1, 0.15) is 37.4 Å². The number of piperidine rings is 1. The van der Waals surface area contributed by atoms with Crippen molar-refractivity contribution in [2.24, 2.45) is 5.41 Å². The lowest BCUT2D eigenvalue weighted by Gasteiger charge is -2.37. The average molecular weight is 273 g/mol. The first-order valence-electron chi connectivity index (χ1n) is 6.31. The molecule has 0 unspecified atom stereocenters. The average Bonchev–Trinajstić information content (AvgIpc) is 2.73. The molecule has 0 aliphatic carbocycles. The molecule has 1 aromatic heterocycles. The summed E-state index contributed by atoms with van der Waals surface area (Å²) in [4.78, 5) is 7.08. The van der Waals surface area contributed by atoms with Crippen molar-refractivity contribution in [3.63, 3.8) is 0 Å². The van der Waals surface area contributed by atoms with Gasteiger partial charge in [-0.1, -0.05) is 13.8 Å². The summed E-state index contributed by atoms with van der Waals surface area (Å²) in [5, 5.41) is 3.30. The molecule has 1 aromatic rings. The van der Waals surface area contributed by atoms with E-state index < -0.39 is 0 Å². The molecular formula is C13H21ClN2S. The number of rotatable bonds is 4. The lowest BCUT2D eigenvalue weighted by molar-refractivity contribution is 0.119. The molecule has 0 saturated carbocycles. The molecule has 0 radical (unpaired) electrons. The third-order valence-corrected chi connectivity index (χ3v) is 4.59. The van der Waals surface area contributed by atoms with Gasteiger partial charge >= 0.3 is 0 Å². The van der Waals surface area contributed by atoms with E-state index in [1.165, 1.54) is 30.9 Å². The zero-order valence-corrected chi connectivity index (χ0v) is 12.3. The summed E-state index contributed by atoms with van der Waals surface area (Å²) >= 11 is 7.50. The largest absolute Gasteiger partial charge is 0.302 e. The molecule has 4 heteroatoms. The summed E-state index contributed by atoms with van der Waals surface area (Å²) in [6.45, 7) is 8.35. The van der Waals surface area contributed by atoms with E-state index in [4.69, 9.17) is 11.6 Å². The van der Waals surface area contributed by atoms with Gasteiger partial charge in [-0.2, -0.15) is 0 Å². The van der Waals surface area contributed by atoms with E-state index in [0.29, 0.717) is 11.3 Å². The summed E-state index contributed by atoms with van der Waals surface area (Å²) in [6.07, 6.45) is 3.76. The third-order valence-electron chi connectivity index (χ3n) is 3.36. The van der Waals surface area contributed by atoms with Crippen LogP contribution in [-0.4, -0.2) is 29.5 Å². The summed E-state index contributed by atoms with van der Waals surface area (Å²) in [5.74, 6) is 0.535.